The van der Waals surface area contributed by atoms with Crippen LogP contribution in [-0.2, 0) is 11.2 Å². The Morgan fingerprint density at radius 2 is 2.05 bits per heavy atom. The van der Waals surface area contributed by atoms with Crippen LogP contribution in [-0.4, -0.2) is 41.6 Å². The second-order valence-corrected chi connectivity index (χ2v) is 5.09. The van der Waals surface area contributed by atoms with E-state index >= 15 is 0 Å². The maximum Gasteiger partial charge on any atom is 0.317 e. The first-order chi connectivity index (χ1) is 9.66. The minimum absolute atomic E-state index is 0.160. The number of carboxylic acid groups (broad SMARTS) is 1. The number of carboxylic acids is 1. The van der Waals surface area contributed by atoms with E-state index in [2.05, 4.69) is 5.32 Å². The average Bonchev–Trinajstić information content (AvgIpc) is 2.48. The van der Waals surface area contributed by atoms with Gasteiger partial charge in [0.15, 0.2) is 0 Å². The van der Waals surface area contributed by atoms with Gasteiger partial charge in [-0.2, -0.15) is 0 Å². The van der Waals surface area contributed by atoms with Crippen molar-refractivity contribution in [3.8, 4) is 0 Å². The summed E-state index contributed by atoms with van der Waals surface area (Å²) in [6, 6.07) is 9.79. The van der Waals surface area contributed by atoms with Gasteiger partial charge in [-0.05, 0) is 24.8 Å². The molecule has 108 valence electrons. The van der Waals surface area contributed by atoms with Crippen LogP contribution in [0.4, 0.5) is 4.79 Å². The predicted octanol–water partition coefficient (Wildman–Crippen LogP) is 1.74. The smallest absolute Gasteiger partial charge is 0.317 e. The lowest BCUT2D eigenvalue weighted by atomic mass is 9.99. The zero-order valence-corrected chi connectivity index (χ0v) is 11.4. The molecule has 2 N–H and O–H groups in total. The second kappa shape index (κ2) is 6.93. The number of nitrogens with zero attached hydrogens (tertiary/aromatic N) is 1. The highest BCUT2D eigenvalue weighted by molar-refractivity contribution is 5.76. The molecule has 0 radical (unpaired) electrons. The summed E-state index contributed by atoms with van der Waals surface area (Å²) in [4.78, 5) is 24.5. The van der Waals surface area contributed by atoms with E-state index in [9.17, 15) is 9.59 Å². The molecule has 5 nitrogen and oxygen atoms in total. The zero-order chi connectivity index (χ0) is 14.4. The van der Waals surface area contributed by atoms with Crippen molar-refractivity contribution in [2.45, 2.75) is 19.3 Å². The highest BCUT2D eigenvalue weighted by atomic mass is 16.4. The molecule has 1 fully saturated rings. The standard InChI is InChI=1S/C15H20N2O3/c18-14(19)13-7-4-10-17(11-13)15(20)16-9-8-12-5-2-1-3-6-12/h1-3,5-6,13H,4,7-11H2,(H,16,20)(H,18,19). The van der Waals surface area contributed by atoms with Crippen molar-refractivity contribution in [3.63, 3.8) is 0 Å². The molecule has 1 aliphatic heterocycles. The first kappa shape index (κ1) is 14.4. The minimum atomic E-state index is -0.813. The topological polar surface area (TPSA) is 69.6 Å². The van der Waals surface area contributed by atoms with Crippen molar-refractivity contribution in [1.29, 1.82) is 0 Å². The number of urea groups is 1. The SMILES string of the molecule is O=C(O)C1CCCN(C(=O)NCCc2ccccc2)C1. The molecule has 1 aromatic carbocycles. The predicted molar refractivity (Wildman–Crippen MR) is 75.5 cm³/mol. The molecule has 1 heterocycles. The van der Waals surface area contributed by atoms with E-state index < -0.39 is 11.9 Å². The molecule has 2 amide bonds. The molecule has 0 aliphatic carbocycles. The van der Waals surface area contributed by atoms with E-state index in [1.807, 2.05) is 30.3 Å². The third kappa shape index (κ3) is 3.98. The molecular formula is C15H20N2O3. The van der Waals surface area contributed by atoms with Gasteiger partial charge in [0.05, 0.1) is 5.92 Å². The van der Waals surface area contributed by atoms with Gasteiger partial charge in [-0.3, -0.25) is 4.79 Å². The van der Waals surface area contributed by atoms with Crippen LogP contribution in [0.1, 0.15) is 18.4 Å². The van der Waals surface area contributed by atoms with Crippen LogP contribution in [0.3, 0.4) is 0 Å². The lowest BCUT2D eigenvalue weighted by Gasteiger charge is -2.30. The minimum Gasteiger partial charge on any atom is -0.481 e. The number of carbonyl (C=O) groups is 2. The summed E-state index contributed by atoms with van der Waals surface area (Å²) in [6.45, 7) is 1.52. The number of hydrogen-bond donors (Lipinski definition) is 2. The first-order valence-electron chi connectivity index (χ1n) is 6.96. The maximum atomic E-state index is 12.0. The fourth-order valence-electron chi connectivity index (χ4n) is 2.43. The number of carbonyl (C=O) groups excluding carboxylic acids is 1. The third-order valence-electron chi connectivity index (χ3n) is 3.59. The molecule has 1 unspecified atom stereocenters. The van der Waals surface area contributed by atoms with E-state index in [4.69, 9.17) is 5.11 Å². The summed E-state index contributed by atoms with van der Waals surface area (Å²) in [5.74, 6) is -1.24. The van der Waals surface area contributed by atoms with Gasteiger partial charge in [0.25, 0.3) is 0 Å². The highest BCUT2D eigenvalue weighted by Crippen LogP contribution is 2.16. The Bertz CT molecular complexity index is 461. The van der Waals surface area contributed by atoms with Crippen LogP contribution in [0, 0.1) is 5.92 Å². The summed E-state index contributed by atoms with van der Waals surface area (Å²) < 4.78 is 0. The molecule has 0 bridgehead atoms. The van der Waals surface area contributed by atoms with Crippen LogP contribution in [0.2, 0.25) is 0 Å². The molecular weight excluding hydrogens is 256 g/mol. The van der Waals surface area contributed by atoms with Crippen molar-refractivity contribution in [1.82, 2.24) is 10.2 Å². The Kier molecular flexibility index (Phi) is 4.98. The molecule has 1 atom stereocenters. The maximum absolute atomic E-state index is 12.0. The number of likely N-dealkylation sites (tertiary alicyclic amines) is 1. The van der Waals surface area contributed by atoms with E-state index in [0.717, 1.165) is 12.8 Å². The zero-order valence-electron chi connectivity index (χ0n) is 11.4. The van der Waals surface area contributed by atoms with Gasteiger partial charge in [0, 0.05) is 19.6 Å². The van der Waals surface area contributed by atoms with Gasteiger partial charge in [-0.1, -0.05) is 30.3 Å². The molecule has 5 heteroatoms. The number of benzene rings is 1. The van der Waals surface area contributed by atoms with Crippen LogP contribution in [0.25, 0.3) is 0 Å². The van der Waals surface area contributed by atoms with Crippen molar-refractivity contribution < 1.29 is 14.7 Å². The highest BCUT2D eigenvalue weighted by Gasteiger charge is 2.27. The fourth-order valence-corrected chi connectivity index (χ4v) is 2.43. The molecule has 20 heavy (non-hydrogen) atoms. The molecule has 2 rings (SSSR count). The quantitative estimate of drug-likeness (QED) is 0.880. The number of rotatable bonds is 4. The monoisotopic (exact) mass is 276 g/mol. The Hall–Kier alpha value is -2.04. The van der Waals surface area contributed by atoms with Gasteiger partial charge in [-0.25, -0.2) is 4.79 Å². The summed E-state index contributed by atoms with van der Waals surface area (Å²) in [5.41, 5.74) is 1.18. The first-order valence-corrected chi connectivity index (χ1v) is 6.96. The number of nitrogens with one attached hydrogen (secondary N) is 1. The number of amides is 2. The van der Waals surface area contributed by atoms with Gasteiger partial charge in [-0.15, -0.1) is 0 Å². The summed E-state index contributed by atoms with van der Waals surface area (Å²) in [6.07, 6.45) is 2.19. The molecule has 0 spiro atoms. The average molecular weight is 276 g/mol. The number of piperidine rings is 1. The molecule has 1 saturated heterocycles. The van der Waals surface area contributed by atoms with Gasteiger partial charge < -0.3 is 15.3 Å². The van der Waals surface area contributed by atoms with Crippen LogP contribution >= 0.6 is 0 Å². The number of aliphatic carboxylic acids is 1. The summed E-state index contributed by atoms with van der Waals surface area (Å²) in [5, 5.41) is 11.9. The lowest BCUT2D eigenvalue weighted by Crippen LogP contribution is -2.47. The lowest BCUT2D eigenvalue weighted by molar-refractivity contribution is -0.143. The van der Waals surface area contributed by atoms with E-state index in [1.54, 1.807) is 4.90 Å². The van der Waals surface area contributed by atoms with E-state index in [-0.39, 0.29) is 6.03 Å². The Morgan fingerprint density at radius 3 is 2.75 bits per heavy atom. The van der Waals surface area contributed by atoms with Crippen LogP contribution in [0.5, 0.6) is 0 Å². The second-order valence-electron chi connectivity index (χ2n) is 5.09. The Balaban J connectivity index is 1.75. The van der Waals surface area contributed by atoms with Gasteiger partial charge >= 0.3 is 12.0 Å². The van der Waals surface area contributed by atoms with Crippen molar-refractivity contribution in [2.75, 3.05) is 19.6 Å². The Morgan fingerprint density at radius 1 is 1.30 bits per heavy atom. The molecule has 1 aromatic rings. The molecule has 0 aromatic heterocycles. The van der Waals surface area contributed by atoms with Crippen molar-refractivity contribution in [3.05, 3.63) is 35.9 Å². The third-order valence-corrected chi connectivity index (χ3v) is 3.59. The van der Waals surface area contributed by atoms with Crippen LogP contribution in [0.15, 0.2) is 30.3 Å². The van der Waals surface area contributed by atoms with Gasteiger partial charge in [0.2, 0.25) is 0 Å². The van der Waals surface area contributed by atoms with Crippen LogP contribution < -0.4 is 5.32 Å². The Labute approximate surface area is 118 Å². The van der Waals surface area contributed by atoms with Crippen molar-refractivity contribution in [2.24, 2.45) is 5.92 Å². The van der Waals surface area contributed by atoms with Gasteiger partial charge in [0.1, 0.15) is 0 Å². The fraction of sp³-hybridized carbons (Fsp3) is 0.467. The van der Waals surface area contributed by atoms with Crippen molar-refractivity contribution >= 4 is 12.0 Å². The van der Waals surface area contributed by atoms with E-state index in [0.29, 0.717) is 26.1 Å². The summed E-state index contributed by atoms with van der Waals surface area (Å²) in [7, 11) is 0. The molecule has 1 aliphatic rings. The molecule has 0 saturated carbocycles. The normalized spacial score (nSPS) is 18.6. The van der Waals surface area contributed by atoms with E-state index in [1.165, 1.54) is 5.56 Å². The summed E-state index contributed by atoms with van der Waals surface area (Å²) >= 11 is 0. The number of hydrogen-bond acceptors (Lipinski definition) is 2. The largest absolute Gasteiger partial charge is 0.481 e.